The molecule has 3 atom stereocenters. The molecule has 170 valence electrons. The van der Waals surface area contributed by atoms with Crippen LogP contribution in [0.1, 0.15) is 40.2 Å². The number of amides is 1. The Morgan fingerprint density at radius 3 is 2.07 bits per heavy atom. The van der Waals surface area contributed by atoms with E-state index < -0.39 is 32.5 Å². The smallest absolute Gasteiger partial charge is 0.410 e. The summed E-state index contributed by atoms with van der Waals surface area (Å²) in [6.07, 6.45) is -2.76. The summed E-state index contributed by atoms with van der Waals surface area (Å²) in [7, 11) is -1.51. The molecule has 5 nitrogen and oxygen atoms in total. The van der Waals surface area contributed by atoms with E-state index in [1.807, 2.05) is 58.0 Å². The fourth-order valence-corrected chi connectivity index (χ4v) is 5.07. The van der Waals surface area contributed by atoms with Crippen LogP contribution in [0.5, 0.6) is 0 Å². The van der Waals surface area contributed by atoms with Gasteiger partial charge in [0, 0.05) is 20.2 Å². The maximum absolute atomic E-state index is 12.9. The first-order chi connectivity index (χ1) is 13.8. The molecule has 1 aromatic rings. The van der Waals surface area contributed by atoms with Gasteiger partial charge in [-0.1, -0.05) is 56.6 Å². The van der Waals surface area contributed by atoms with Crippen LogP contribution < -0.4 is 0 Å². The molecule has 0 aliphatic rings. The highest BCUT2D eigenvalue weighted by atomic mass is 28.3. The van der Waals surface area contributed by atoms with Crippen LogP contribution in [0, 0.1) is 0 Å². The third kappa shape index (κ3) is 8.62. The SMILES string of the molecule is C=C(C[Si](C)(C)C)[C@H](OC(=O)N(C(C)C)C(C)C)[C@H](O)[C@H](C)OCc1ccccc1. The van der Waals surface area contributed by atoms with E-state index in [0.717, 1.165) is 17.2 Å². The fraction of sp³-hybridized carbons (Fsp3) is 0.625. The molecule has 1 amide bonds. The third-order valence-electron chi connectivity index (χ3n) is 4.86. The highest BCUT2D eigenvalue weighted by Gasteiger charge is 2.35. The van der Waals surface area contributed by atoms with Crippen molar-refractivity contribution in [3.63, 3.8) is 0 Å². The van der Waals surface area contributed by atoms with Crippen LogP contribution in [0.3, 0.4) is 0 Å². The molecule has 0 spiro atoms. The van der Waals surface area contributed by atoms with Gasteiger partial charge >= 0.3 is 6.09 Å². The van der Waals surface area contributed by atoms with Gasteiger partial charge < -0.3 is 19.5 Å². The largest absolute Gasteiger partial charge is 0.439 e. The van der Waals surface area contributed by atoms with E-state index in [9.17, 15) is 9.90 Å². The first-order valence-corrected chi connectivity index (χ1v) is 14.5. The number of benzene rings is 1. The topological polar surface area (TPSA) is 59.0 Å². The number of aliphatic hydroxyl groups is 1. The van der Waals surface area contributed by atoms with Crippen molar-refractivity contribution >= 4 is 14.2 Å². The van der Waals surface area contributed by atoms with Gasteiger partial charge in [0.2, 0.25) is 0 Å². The predicted octanol–water partition coefficient (Wildman–Crippen LogP) is 5.47. The van der Waals surface area contributed by atoms with E-state index in [0.29, 0.717) is 6.61 Å². The molecule has 0 fully saturated rings. The lowest BCUT2D eigenvalue weighted by atomic mass is 10.0. The highest BCUT2D eigenvalue weighted by molar-refractivity contribution is 6.76. The highest BCUT2D eigenvalue weighted by Crippen LogP contribution is 2.25. The summed E-state index contributed by atoms with van der Waals surface area (Å²) in [4.78, 5) is 14.6. The lowest BCUT2D eigenvalue weighted by Crippen LogP contribution is -2.48. The molecule has 0 aliphatic heterocycles. The van der Waals surface area contributed by atoms with Crippen LogP contribution in [0.4, 0.5) is 4.79 Å². The number of ether oxygens (including phenoxy) is 2. The summed E-state index contributed by atoms with van der Waals surface area (Å²) in [5.74, 6) is 0. The summed E-state index contributed by atoms with van der Waals surface area (Å²) in [5.41, 5.74) is 1.77. The summed E-state index contributed by atoms with van der Waals surface area (Å²) >= 11 is 0. The Morgan fingerprint density at radius 2 is 1.60 bits per heavy atom. The zero-order valence-electron chi connectivity index (χ0n) is 20.0. The zero-order chi connectivity index (χ0) is 23.1. The first kappa shape index (κ1) is 26.4. The van der Waals surface area contributed by atoms with Gasteiger partial charge in [-0.15, -0.1) is 0 Å². The van der Waals surface area contributed by atoms with E-state index in [1.165, 1.54) is 0 Å². The maximum atomic E-state index is 12.9. The average Bonchev–Trinajstić information content (AvgIpc) is 2.62. The van der Waals surface area contributed by atoms with Crippen LogP contribution in [0.15, 0.2) is 42.5 Å². The maximum Gasteiger partial charge on any atom is 0.410 e. The van der Waals surface area contributed by atoms with Gasteiger partial charge in [-0.2, -0.15) is 0 Å². The molecule has 0 saturated heterocycles. The van der Waals surface area contributed by atoms with Gasteiger partial charge in [0.1, 0.15) is 6.10 Å². The second kappa shape index (κ2) is 11.7. The molecule has 0 bridgehead atoms. The minimum atomic E-state index is -1.51. The van der Waals surface area contributed by atoms with Crippen LogP contribution in [0.2, 0.25) is 25.7 Å². The van der Waals surface area contributed by atoms with Crippen LogP contribution in [0.25, 0.3) is 0 Å². The second-order valence-electron chi connectivity index (χ2n) is 9.79. The van der Waals surface area contributed by atoms with Gasteiger partial charge in [0.05, 0.1) is 12.7 Å². The summed E-state index contributed by atoms with van der Waals surface area (Å²) < 4.78 is 11.8. The first-order valence-electron chi connectivity index (χ1n) is 10.8. The number of nitrogens with zero attached hydrogens (tertiary/aromatic N) is 1. The van der Waals surface area contributed by atoms with E-state index in [2.05, 4.69) is 26.2 Å². The molecule has 0 saturated carbocycles. The average molecular weight is 436 g/mol. The monoisotopic (exact) mass is 435 g/mol. The van der Waals surface area contributed by atoms with Crippen LogP contribution >= 0.6 is 0 Å². The van der Waals surface area contributed by atoms with Gasteiger partial charge in [0.25, 0.3) is 0 Å². The lowest BCUT2D eigenvalue weighted by molar-refractivity contribution is -0.0850. The summed E-state index contributed by atoms with van der Waals surface area (Å²) in [6.45, 7) is 20.9. The number of rotatable bonds is 11. The van der Waals surface area contributed by atoms with Crippen molar-refractivity contribution in [2.45, 2.75) is 97.3 Å². The summed E-state index contributed by atoms with van der Waals surface area (Å²) in [6, 6.07) is 10.6. The van der Waals surface area contributed by atoms with Crippen molar-refractivity contribution in [1.29, 1.82) is 0 Å². The third-order valence-corrected chi connectivity index (χ3v) is 6.37. The predicted molar refractivity (Wildman–Crippen MR) is 126 cm³/mol. The minimum absolute atomic E-state index is 0.00713. The Kier molecular flexibility index (Phi) is 10.3. The van der Waals surface area contributed by atoms with E-state index in [-0.39, 0.29) is 12.1 Å². The van der Waals surface area contributed by atoms with Gasteiger partial charge in [0.15, 0.2) is 6.10 Å². The summed E-state index contributed by atoms with van der Waals surface area (Å²) in [5, 5.41) is 11.1. The van der Waals surface area contributed by atoms with Crippen LogP contribution in [-0.4, -0.2) is 54.6 Å². The number of hydrogen-bond acceptors (Lipinski definition) is 4. The standard InChI is InChI=1S/C24H41NO4Si/c1-17(2)25(18(3)4)24(27)29-23(19(5)16-30(7,8)9)22(26)20(6)28-15-21-13-11-10-12-14-21/h10-14,17-18,20,22-23,26H,5,15-16H2,1-4,6-9H3/t20-,22+,23-/m0/s1. The quantitative estimate of drug-likeness (QED) is 0.370. The molecule has 1 aromatic carbocycles. The number of hydrogen-bond donors (Lipinski definition) is 1. The van der Waals surface area contributed by atoms with Crippen molar-refractivity contribution in [3.05, 3.63) is 48.0 Å². The normalized spacial score (nSPS) is 15.0. The Morgan fingerprint density at radius 1 is 1.07 bits per heavy atom. The van der Waals surface area contributed by atoms with Crippen molar-refractivity contribution in [2.75, 3.05) is 0 Å². The molecule has 0 heterocycles. The van der Waals surface area contributed by atoms with Crippen molar-refractivity contribution in [1.82, 2.24) is 4.90 Å². The van der Waals surface area contributed by atoms with Crippen molar-refractivity contribution in [3.8, 4) is 0 Å². The Hall–Kier alpha value is -1.63. The molecule has 0 unspecified atom stereocenters. The van der Waals surface area contributed by atoms with E-state index in [1.54, 1.807) is 11.8 Å². The van der Waals surface area contributed by atoms with Gasteiger partial charge in [-0.25, -0.2) is 4.79 Å². The molecule has 1 rings (SSSR count). The number of carbonyl (C=O) groups is 1. The van der Waals surface area contributed by atoms with E-state index >= 15 is 0 Å². The Bertz CT molecular complexity index is 662. The molecule has 0 aliphatic carbocycles. The fourth-order valence-electron chi connectivity index (χ4n) is 3.51. The molecule has 6 heteroatoms. The van der Waals surface area contributed by atoms with Gasteiger partial charge in [-0.05, 0) is 51.8 Å². The zero-order valence-corrected chi connectivity index (χ0v) is 21.0. The molecular weight excluding hydrogens is 394 g/mol. The molecular formula is C24H41NO4Si. The Labute approximate surface area is 184 Å². The molecule has 1 N–H and O–H groups in total. The molecule has 0 radical (unpaired) electrons. The Balaban J connectivity index is 2.97. The van der Waals surface area contributed by atoms with E-state index in [4.69, 9.17) is 9.47 Å². The molecule has 0 aromatic heterocycles. The van der Waals surface area contributed by atoms with Crippen molar-refractivity contribution < 1.29 is 19.4 Å². The minimum Gasteiger partial charge on any atom is -0.439 e. The number of aliphatic hydroxyl groups excluding tert-OH is 1. The second-order valence-corrected chi connectivity index (χ2v) is 15.3. The molecule has 30 heavy (non-hydrogen) atoms. The van der Waals surface area contributed by atoms with Gasteiger partial charge in [-0.3, -0.25) is 0 Å². The van der Waals surface area contributed by atoms with Crippen molar-refractivity contribution in [2.24, 2.45) is 0 Å². The lowest BCUT2D eigenvalue weighted by Gasteiger charge is -2.35. The van der Waals surface area contributed by atoms with Crippen LogP contribution in [-0.2, 0) is 16.1 Å². The number of carbonyl (C=O) groups excluding carboxylic acids is 1.